The number of nitrogens with zero attached hydrogens (tertiary/aromatic N) is 2. The predicted molar refractivity (Wildman–Crippen MR) is 47.7 cm³/mol. The topological polar surface area (TPSA) is 49.6 Å². The smallest absolute Gasteiger partial charge is 0.236 e. The van der Waals surface area contributed by atoms with Crippen molar-refractivity contribution < 1.29 is 4.79 Å². The number of carbonyl (C=O) groups is 1. The van der Waals surface area contributed by atoms with E-state index in [1.54, 1.807) is 0 Å². The Morgan fingerprint density at radius 3 is 2.75 bits per heavy atom. The van der Waals surface area contributed by atoms with Gasteiger partial charge in [0.25, 0.3) is 0 Å². The summed E-state index contributed by atoms with van der Waals surface area (Å²) in [5.41, 5.74) is 5.29. The molecule has 4 heteroatoms. The summed E-state index contributed by atoms with van der Waals surface area (Å²) in [6.45, 7) is 4.91. The first kappa shape index (κ1) is 9.48. The molecule has 0 aromatic carbocycles. The normalized spacial score (nSPS) is 25.9. The molecule has 1 aliphatic rings. The Morgan fingerprint density at radius 2 is 2.25 bits per heavy atom. The van der Waals surface area contributed by atoms with Crippen LogP contribution in [0.5, 0.6) is 0 Å². The third-order valence-electron chi connectivity index (χ3n) is 2.33. The molecule has 1 atom stereocenters. The van der Waals surface area contributed by atoms with E-state index in [0.717, 1.165) is 19.6 Å². The van der Waals surface area contributed by atoms with E-state index in [4.69, 9.17) is 5.73 Å². The van der Waals surface area contributed by atoms with Gasteiger partial charge in [0.15, 0.2) is 0 Å². The molecule has 0 spiro atoms. The van der Waals surface area contributed by atoms with Crippen LogP contribution in [-0.2, 0) is 4.79 Å². The zero-order valence-corrected chi connectivity index (χ0v) is 7.79. The Morgan fingerprint density at radius 1 is 1.58 bits per heavy atom. The highest BCUT2D eigenvalue weighted by Gasteiger charge is 2.24. The average molecular weight is 171 g/mol. The van der Waals surface area contributed by atoms with E-state index < -0.39 is 0 Å². The first-order valence-corrected chi connectivity index (χ1v) is 4.33. The van der Waals surface area contributed by atoms with Crippen LogP contribution in [0.4, 0.5) is 0 Å². The average Bonchev–Trinajstić information content (AvgIpc) is 2.03. The summed E-state index contributed by atoms with van der Waals surface area (Å²) in [6, 6.07) is 0.305. The van der Waals surface area contributed by atoms with Gasteiger partial charge in [0, 0.05) is 25.7 Å². The molecule has 0 bridgehead atoms. The van der Waals surface area contributed by atoms with Crippen LogP contribution in [-0.4, -0.2) is 55.0 Å². The summed E-state index contributed by atoms with van der Waals surface area (Å²) in [6.07, 6.45) is 0. The third-order valence-corrected chi connectivity index (χ3v) is 2.33. The number of nitrogens with two attached hydrogens (primary N) is 1. The molecule has 1 aliphatic heterocycles. The molecule has 1 saturated heterocycles. The molecule has 1 amide bonds. The molecule has 1 rings (SSSR count). The van der Waals surface area contributed by atoms with Gasteiger partial charge in [-0.15, -0.1) is 0 Å². The van der Waals surface area contributed by atoms with Crippen LogP contribution in [0, 0.1) is 0 Å². The van der Waals surface area contributed by atoms with Crippen molar-refractivity contribution in [1.82, 2.24) is 9.80 Å². The Balaban J connectivity index is 2.50. The first-order chi connectivity index (χ1) is 5.65. The van der Waals surface area contributed by atoms with Crippen molar-refractivity contribution in [1.29, 1.82) is 0 Å². The van der Waals surface area contributed by atoms with Gasteiger partial charge >= 0.3 is 0 Å². The summed E-state index contributed by atoms with van der Waals surface area (Å²) in [7, 11) is 2.07. The summed E-state index contributed by atoms with van der Waals surface area (Å²) >= 11 is 0. The second-order valence-corrected chi connectivity index (χ2v) is 3.40. The SMILES string of the molecule is CC1CN(C)CCN1C(=O)CN. The van der Waals surface area contributed by atoms with Crippen LogP contribution >= 0.6 is 0 Å². The van der Waals surface area contributed by atoms with Crippen molar-refractivity contribution in [3.8, 4) is 0 Å². The van der Waals surface area contributed by atoms with Gasteiger partial charge in [-0.3, -0.25) is 4.79 Å². The highest BCUT2D eigenvalue weighted by Crippen LogP contribution is 2.06. The number of rotatable bonds is 1. The van der Waals surface area contributed by atoms with Gasteiger partial charge in [-0.2, -0.15) is 0 Å². The van der Waals surface area contributed by atoms with E-state index in [1.807, 2.05) is 4.90 Å². The second-order valence-electron chi connectivity index (χ2n) is 3.40. The van der Waals surface area contributed by atoms with Crippen molar-refractivity contribution >= 4 is 5.91 Å². The van der Waals surface area contributed by atoms with E-state index in [-0.39, 0.29) is 12.5 Å². The summed E-state index contributed by atoms with van der Waals surface area (Å²) < 4.78 is 0. The Bertz CT molecular complexity index is 172. The lowest BCUT2D eigenvalue weighted by Crippen LogP contribution is -2.54. The number of hydrogen-bond donors (Lipinski definition) is 1. The molecule has 1 unspecified atom stereocenters. The number of carbonyl (C=O) groups excluding carboxylic acids is 1. The molecule has 0 aromatic heterocycles. The minimum absolute atomic E-state index is 0.0654. The third kappa shape index (κ3) is 1.95. The molecule has 4 nitrogen and oxygen atoms in total. The Kier molecular flexibility index (Phi) is 3.05. The van der Waals surface area contributed by atoms with Crippen molar-refractivity contribution in [3.63, 3.8) is 0 Å². The Hall–Kier alpha value is -0.610. The number of likely N-dealkylation sites (N-methyl/N-ethyl adjacent to an activating group) is 1. The minimum atomic E-state index is 0.0654. The molecule has 1 fully saturated rings. The summed E-state index contributed by atoms with van der Waals surface area (Å²) in [5.74, 6) is 0.0654. The maximum Gasteiger partial charge on any atom is 0.236 e. The largest absolute Gasteiger partial charge is 0.336 e. The quantitative estimate of drug-likeness (QED) is 0.556. The standard InChI is InChI=1S/C8H17N3O/c1-7-6-10(2)3-4-11(7)8(12)5-9/h7H,3-6,9H2,1-2H3. The van der Waals surface area contributed by atoms with E-state index in [9.17, 15) is 4.79 Å². The lowest BCUT2D eigenvalue weighted by molar-refractivity contribution is -0.133. The monoisotopic (exact) mass is 171 g/mol. The van der Waals surface area contributed by atoms with Crippen LogP contribution < -0.4 is 5.73 Å². The van der Waals surface area contributed by atoms with Gasteiger partial charge in [-0.1, -0.05) is 0 Å². The van der Waals surface area contributed by atoms with Crippen LogP contribution in [0.15, 0.2) is 0 Å². The number of amides is 1. The molecule has 1 heterocycles. The number of hydrogen-bond acceptors (Lipinski definition) is 3. The van der Waals surface area contributed by atoms with Crippen molar-refractivity contribution in [3.05, 3.63) is 0 Å². The van der Waals surface area contributed by atoms with Crippen LogP contribution in [0.2, 0.25) is 0 Å². The number of piperazine rings is 1. The molecule has 0 radical (unpaired) electrons. The summed E-state index contributed by atoms with van der Waals surface area (Å²) in [5, 5.41) is 0. The molecule has 70 valence electrons. The highest BCUT2D eigenvalue weighted by molar-refractivity contribution is 5.78. The van der Waals surface area contributed by atoms with Crippen molar-refractivity contribution in [2.45, 2.75) is 13.0 Å². The highest BCUT2D eigenvalue weighted by atomic mass is 16.2. The van der Waals surface area contributed by atoms with Gasteiger partial charge < -0.3 is 15.5 Å². The molecule has 0 aliphatic carbocycles. The second kappa shape index (κ2) is 3.87. The van der Waals surface area contributed by atoms with Gasteiger partial charge in [0.1, 0.15) is 0 Å². The zero-order valence-electron chi connectivity index (χ0n) is 7.79. The molecule has 2 N–H and O–H groups in total. The predicted octanol–water partition coefficient (Wildman–Crippen LogP) is -0.892. The van der Waals surface area contributed by atoms with Crippen molar-refractivity contribution in [2.24, 2.45) is 5.73 Å². The van der Waals surface area contributed by atoms with Crippen LogP contribution in [0.1, 0.15) is 6.92 Å². The van der Waals surface area contributed by atoms with Gasteiger partial charge in [-0.05, 0) is 14.0 Å². The Labute approximate surface area is 73.3 Å². The minimum Gasteiger partial charge on any atom is -0.336 e. The maximum absolute atomic E-state index is 11.3. The van der Waals surface area contributed by atoms with E-state index >= 15 is 0 Å². The van der Waals surface area contributed by atoms with E-state index in [1.165, 1.54) is 0 Å². The zero-order chi connectivity index (χ0) is 9.14. The fourth-order valence-electron chi connectivity index (χ4n) is 1.63. The molecular weight excluding hydrogens is 154 g/mol. The van der Waals surface area contributed by atoms with Crippen LogP contribution in [0.25, 0.3) is 0 Å². The first-order valence-electron chi connectivity index (χ1n) is 4.33. The van der Waals surface area contributed by atoms with Gasteiger partial charge in [0.2, 0.25) is 5.91 Å². The van der Waals surface area contributed by atoms with Crippen LogP contribution in [0.3, 0.4) is 0 Å². The van der Waals surface area contributed by atoms with Gasteiger partial charge in [-0.25, -0.2) is 0 Å². The molecule has 12 heavy (non-hydrogen) atoms. The van der Waals surface area contributed by atoms with E-state index in [0.29, 0.717) is 6.04 Å². The molecular formula is C8H17N3O. The fraction of sp³-hybridized carbons (Fsp3) is 0.875. The molecule has 0 aromatic rings. The fourth-order valence-corrected chi connectivity index (χ4v) is 1.63. The van der Waals surface area contributed by atoms with E-state index in [2.05, 4.69) is 18.9 Å². The molecule has 0 saturated carbocycles. The van der Waals surface area contributed by atoms with Crippen molar-refractivity contribution in [2.75, 3.05) is 33.2 Å². The lowest BCUT2D eigenvalue weighted by Gasteiger charge is -2.38. The lowest BCUT2D eigenvalue weighted by atomic mass is 10.2. The maximum atomic E-state index is 11.3. The van der Waals surface area contributed by atoms with Gasteiger partial charge in [0.05, 0.1) is 6.54 Å². The summed E-state index contributed by atoms with van der Waals surface area (Å²) in [4.78, 5) is 15.4.